The van der Waals surface area contributed by atoms with Crippen LogP contribution in [0.3, 0.4) is 0 Å². The predicted octanol–water partition coefficient (Wildman–Crippen LogP) is 2.11. The van der Waals surface area contributed by atoms with Crippen LogP contribution in [0.15, 0.2) is 47.9 Å². The van der Waals surface area contributed by atoms with Gasteiger partial charge in [-0.05, 0) is 34.7 Å². The number of Topliss-reactive ketones (excluding diaryl/α,β-unsaturated/α-hetero) is 1. The Morgan fingerprint density at radius 2 is 2.23 bits per heavy atom. The summed E-state index contributed by atoms with van der Waals surface area (Å²) in [6, 6.07) is 7.72. The number of benzene rings is 1. The number of aromatic nitrogens is 5. The van der Waals surface area contributed by atoms with Gasteiger partial charge in [-0.25, -0.2) is 4.39 Å². The SMILES string of the molecule is Cn1ccc(C(=O)CSc2nnnn2-c2cccc(F)c2)c1. The fourth-order valence-electron chi connectivity index (χ4n) is 1.92. The maximum Gasteiger partial charge on any atom is 0.214 e. The molecule has 0 saturated carbocycles. The molecule has 22 heavy (non-hydrogen) atoms. The number of nitrogens with zero attached hydrogens (tertiary/aromatic N) is 5. The molecule has 8 heteroatoms. The Balaban J connectivity index is 1.74. The molecule has 0 unspecified atom stereocenters. The van der Waals surface area contributed by atoms with Crippen molar-refractivity contribution in [1.82, 2.24) is 24.8 Å². The van der Waals surface area contributed by atoms with Gasteiger partial charge < -0.3 is 4.57 Å². The van der Waals surface area contributed by atoms with Gasteiger partial charge in [-0.3, -0.25) is 4.79 Å². The van der Waals surface area contributed by atoms with E-state index in [4.69, 9.17) is 0 Å². The largest absolute Gasteiger partial charge is 0.357 e. The van der Waals surface area contributed by atoms with E-state index in [1.165, 1.54) is 28.6 Å². The van der Waals surface area contributed by atoms with Gasteiger partial charge in [0.25, 0.3) is 0 Å². The molecule has 0 bridgehead atoms. The highest BCUT2D eigenvalue weighted by atomic mass is 32.2. The maximum atomic E-state index is 13.3. The fraction of sp³-hybridized carbons (Fsp3) is 0.143. The lowest BCUT2D eigenvalue weighted by atomic mass is 10.2. The molecular formula is C14H12FN5OS. The maximum absolute atomic E-state index is 13.3. The Kier molecular flexibility index (Phi) is 4.01. The van der Waals surface area contributed by atoms with Crippen molar-refractivity contribution in [2.75, 3.05) is 5.75 Å². The Morgan fingerprint density at radius 1 is 1.36 bits per heavy atom. The van der Waals surface area contributed by atoms with Crippen LogP contribution in [-0.2, 0) is 7.05 Å². The summed E-state index contributed by atoms with van der Waals surface area (Å²) in [4.78, 5) is 12.1. The molecule has 0 amide bonds. The first kappa shape index (κ1) is 14.5. The molecule has 6 nitrogen and oxygen atoms in total. The molecule has 0 atom stereocenters. The van der Waals surface area contributed by atoms with E-state index in [0.717, 1.165) is 0 Å². The van der Waals surface area contributed by atoms with Crippen molar-refractivity contribution < 1.29 is 9.18 Å². The van der Waals surface area contributed by atoms with E-state index in [0.29, 0.717) is 16.4 Å². The third-order valence-electron chi connectivity index (χ3n) is 2.98. The number of hydrogen-bond donors (Lipinski definition) is 0. The van der Waals surface area contributed by atoms with E-state index in [-0.39, 0.29) is 17.4 Å². The minimum atomic E-state index is -0.371. The van der Waals surface area contributed by atoms with Gasteiger partial charge in [0, 0.05) is 25.0 Å². The summed E-state index contributed by atoms with van der Waals surface area (Å²) in [7, 11) is 1.86. The van der Waals surface area contributed by atoms with Gasteiger partial charge in [-0.2, -0.15) is 4.68 Å². The molecule has 2 aromatic heterocycles. The van der Waals surface area contributed by atoms with Crippen LogP contribution in [0.5, 0.6) is 0 Å². The molecule has 2 heterocycles. The topological polar surface area (TPSA) is 65.6 Å². The molecule has 0 aliphatic heterocycles. The summed E-state index contributed by atoms with van der Waals surface area (Å²) in [5, 5.41) is 11.7. The van der Waals surface area contributed by atoms with Crippen LogP contribution in [0.1, 0.15) is 10.4 Å². The Labute approximate surface area is 129 Å². The van der Waals surface area contributed by atoms with Crippen LogP contribution in [-0.4, -0.2) is 36.3 Å². The zero-order valence-electron chi connectivity index (χ0n) is 11.7. The lowest BCUT2D eigenvalue weighted by Crippen LogP contribution is -2.04. The van der Waals surface area contributed by atoms with Gasteiger partial charge in [-0.15, -0.1) is 5.10 Å². The van der Waals surface area contributed by atoms with Gasteiger partial charge in [-0.1, -0.05) is 17.8 Å². The quantitative estimate of drug-likeness (QED) is 0.533. The standard InChI is InChI=1S/C14H12FN5OS/c1-19-6-5-10(8-19)13(21)9-22-14-16-17-18-20(14)12-4-2-3-11(15)7-12/h2-8H,9H2,1H3. The second-order valence-electron chi connectivity index (χ2n) is 4.63. The molecule has 3 aromatic rings. The number of carbonyl (C=O) groups is 1. The minimum absolute atomic E-state index is 0.0145. The second-order valence-corrected chi connectivity index (χ2v) is 5.57. The van der Waals surface area contributed by atoms with Gasteiger partial charge in [0.15, 0.2) is 5.78 Å². The second kappa shape index (κ2) is 6.10. The molecule has 0 fully saturated rings. The first-order valence-electron chi connectivity index (χ1n) is 6.46. The lowest BCUT2D eigenvalue weighted by molar-refractivity contribution is 0.102. The van der Waals surface area contributed by atoms with E-state index < -0.39 is 0 Å². The highest BCUT2D eigenvalue weighted by Crippen LogP contribution is 2.19. The highest BCUT2D eigenvalue weighted by molar-refractivity contribution is 7.99. The molecule has 112 valence electrons. The average molecular weight is 317 g/mol. The van der Waals surface area contributed by atoms with Crippen LogP contribution in [0.25, 0.3) is 5.69 Å². The van der Waals surface area contributed by atoms with Crippen molar-refractivity contribution in [1.29, 1.82) is 0 Å². The number of tetrazole rings is 1. The van der Waals surface area contributed by atoms with Crippen LogP contribution in [0, 0.1) is 5.82 Å². The monoisotopic (exact) mass is 317 g/mol. The van der Waals surface area contributed by atoms with E-state index in [2.05, 4.69) is 15.5 Å². The van der Waals surface area contributed by atoms with Gasteiger partial charge in [0.2, 0.25) is 5.16 Å². The normalized spacial score (nSPS) is 10.8. The van der Waals surface area contributed by atoms with Gasteiger partial charge >= 0.3 is 0 Å². The van der Waals surface area contributed by atoms with E-state index in [1.807, 2.05) is 17.8 Å². The van der Waals surface area contributed by atoms with Crippen LogP contribution in [0.2, 0.25) is 0 Å². The number of rotatable bonds is 5. The average Bonchev–Trinajstić information content (AvgIpc) is 3.13. The van der Waals surface area contributed by atoms with Crippen LogP contribution >= 0.6 is 11.8 Å². The Morgan fingerprint density at radius 3 is 2.95 bits per heavy atom. The molecule has 0 N–H and O–H groups in total. The summed E-state index contributed by atoms with van der Waals surface area (Å²) in [6.07, 6.45) is 3.58. The minimum Gasteiger partial charge on any atom is -0.357 e. The summed E-state index contributed by atoms with van der Waals surface area (Å²) in [6.45, 7) is 0. The summed E-state index contributed by atoms with van der Waals surface area (Å²) < 4.78 is 16.5. The summed E-state index contributed by atoms with van der Waals surface area (Å²) >= 11 is 1.21. The summed E-state index contributed by atoms with van der Waals surface area (Å²) in [5.74, 6) is -0.177. The number of halogens is 1. The van der Waals surface area contributed by atoms with Crippen LogP contribution < -0.4 is 0 Å². The molecule has 0 aliphatic carbocycles. The number of thioether (sulfide) groups is 1. The molecule has 0 spiro atoms. The number of hydrogen-bond acceptors (Lipinski definition) is 5. The fourth-order valence-corrected chi connectivity index (χ4v) is 2.71. The molecule has 0 saturated heterocycles. The molecule has 3 rings (SSSR count). The number of ketones is 1. The Hall–Kier alpha value is -2.48. The molecule has 0 radical (unpaired) electrons. The zero-order valence-corrected chi connectivity index (χ0v) is 12.5. The Bertz CT molecular complexity index is 813. The molecule has 1 aromatic carbocycles. The van der Waals surface area contributed by atoms with E-state index in [9.17, 15) is 9.18 Å². The highest BCUT2D eigenvalue weighted by Gasteiger charge is 2.13. The first-order chi connectivity index (χ1) is 10.6. The zero-order chi connectivity index (χ0) is 15.5. The van der Waals surface area contributed by atoms with Gasteiger partial charge in [0.1, 0.15) is 5.82 Å². The third-order valence-corrected chi connectivity index (χ3v) is 3.90. The van der Waals surface area contributed by atoms with Crippen molar-refractivity contribution in [2.24, 2.45) is 7.05 Å². The van der Waals surface area contributed by atoms with Gasteiger partial charge in [0.05, 0.1) is 11.4 Å². The molecule has 0 aliphatic rings. The van der Waals surface area contributed by atoms with Crippen molar-refractivity contribution in [3.63, 3.8) is 0 Å². The summed E-state index contributed by atoms with van der Waals surface area (Å²) in [5.41, 5.74) is 1.15. The van der Waals surface area contributed by atoms with Crippen molar-refractivity contribution in [2.45, 2.75) is 5.16 Å². The number of carbonyl (C=O) groups excluding carboxylic acids is 1. The predicted molar refractivity (Wildman–Crippen MR) is 79.6 cm³/mol. The molecular weight excluding hydrogens is 305 g/mol. The number of aryl methyl sites for hydroxylation is 1. The van der Waals surface area contributed by atoms with Crippen molar-refractivity contribution in [3.8, 4) is 5.69 Å². The van der Waals surface area contributed by atoms with Crippen molar-refractivity contribution in [3.05, 3.63) is 54.1 Å². The van der Waals surface area contributed by atoms with E-state index >= 15 is 0 Å². The van der Waals surface area contributed by atoms with Crippen molar-refractivity contribution >= 4 is 17.5 Å². The van der Waals surface area contributed by atoms with E-state index in [1.54, 1.807) is 24.4 Å². The third kappa shape index (κ3) is 3.06. The first-order valence-corrected chi connectivity index (χ1v) is 7.44. The van der Waals surface area contributed by atoms with Crippen LogP contribution in [0.4, 0.5) is 4.39 Å². The lowest BCUT2D eigenvalue weighted by Gasteiger charge is -2.03. The smallest absolute Gasteiger partial charge is 0.214 e.